The maximum Gasteiger partial charge on any atom is 0.211 e. The van der Waals surface area contributed by atoms with Gasteiger partial charge in [-0.3, -0.25) is 0 Å². The van der Waals surface area contributed by atoms with Gasteiger partial charge in [0.2, 0.25) is 5.13 Å². The summed E-state index contributed by atoms with van der Waals surface area (Å²) in [6.07, 6.45) is 4.61. The third kappa shape index (κ3) is 1.77. The molecule has 1 aliphatic carbocycles. The monoisotopic (exact) mass is 287 g/mol. The molecule has 0 fully saturated rings. The molecule has 0 bridgehead atoms. The van der Waals surface area contributed by atoms with E-state index in [0.717, 1.165) is 33.9 Å². The van der Waals surface area contributed by atoms with Crippen molar-refractivity contribution in [1.82, 2.24) is 14.8 Å². The van der Waals surface area contributed by atoms with Crippen LogP contribution in [-0.4, -0.2) is 14.8 Å². The summed E-state index contributed by atoms with van der Waals surface area (Å²) in [6, 6.07) is 4.72. The van der Waals surface area contributed by atoms with Crippen LogP contribution in [0.25, 0.3) is 15.3 Å². The van der Waals surface area contributed by atoms with Gasteiger partial charge in [-0.15, -0.1) is 0 Å². The van der Waals surface area contributed by atoms with E-state index >= 15 is 0 Å². The summed E-state index contributed by atoms with van der Waals surface area (Å²) >= 11 is 1.50. The van der Waals surface area contributed by atoms with Crippen molar-refractivity contribution in [3.05, 3.63) is 41.0 Å². The summed E-state index contributed by atoms with van der Waals surface area (Å²) in [5.74, 6) is -0.216. The number of benzene rings is 1. The number of aryl methyl sites for hydroxylation is 1. The topological polar surface area (TPSA) is 30.7 Å². The lowest BCUT2D eigenvalue weighted by molar-refractivity contribution is 0.630. The Balaban J connectivity index is 1.90. The van der Waals surface area contributed by atoms with Gasteiger partial charge in [0.15, 0.2) is 0 Å². The molecule has 2 heterocycles. The van der Waals surface area contributed by atoms with Crippen molar-refractivity contribution < 1.29 is 4.39 Å². The van der Waals surface area contributed by atoms with Gasteiger partial charge in [-0.1, -0.05) is 11.3 Å². The summed E-state index contributed by atoms with van der Waals surface area (Å²) < 4.78 is 16.1. The van der Waals surface area contributed by atoms with E-state index in [4.69, 9.17) is 0 Å². The van der Waals surface area contributed by atoms with Gasteiger partial charge in [-0.05, 0) is 56.4 Å². The van der Waals surface area contributed by atoms with E-state index in [-0.39, 0.29) is 5.82 Å². The van der Waals surface area contributed by atoms with E-state index in [2.05, 4.69) is 17.0 Å². The minimum atomic E-state index is -0.216. The summed E-state index contributed by atoms with van der Waals surface area (Å²) in [7, 11) is 0. The standard InChI is InChI=1S/C15H14FN3S/c1-9-11-4-2-3-5-13(11)19(18-9)15-17-12-7-6-10(16)8-14(12)20-15/h6-8H,2-5H2,1H3. The Labute approximate surface area is 120 Å². The summed E-state index contributed by atoms with van der Waals surface area (Å²) in [6.45, 7) is 2.06. The van der Waals surface area contributed by atoms with Gasteiger partial charge in [-0.25, -0.2) is 14.1 Å². The van der Waals surface area contributed by atoms with Crippen molar-refractivity contribution in [3.63, 3.8) is 0 Å². The predicted octanol–water partition coefficient (Wildman–Crippen LogP) is 3.81. The molecule has 0 N–H and O–H groups in total. The van der Waals surface area contributed by atoms with E-state index in [1.165, 1.54) is 41.5 Å². The fraction of sp³-hybridized carbons (Fsp3) is 0.333. The Morgan fingerprint density at radius 1 is 1.25 bits per heavy atom. The van der Waals surface area contributed by atoms with Crippen molar-refractivity contribution in [2.45, 2.75) is 32.6 Å². The van der Waals surface area contributed by atoms with Crippen LogP contribution in [0.2, 0.25) is 0 Å². The zero-order chi connectivity index (χ0) is 13.7. The van der Waals surface area contributed by atoms with E-state index in [1.54, 1.807) is 12.1 Å². The van der Waals surface area contributed by atoms with Crippen LogP contribution in [0, 0.1) is 12.7 Å². The van der Waals surface area contributed by atoms with Gasteiger partial charge in [0.25, 0.3) is 0 Å². The molecule has 0 spiro atoms. The van der Waals surface area contributed by atoms with E-state index < -0.39 is 0 Å². The van der Waals surface area contributed by atoms with Crippen molar-refractivity contribution >= 4 is 21.6 Å². The zero-order valence-electron chi connectivity index (χ0n) is 11.2. The van der Waals surface area contributed by atoms with E-state index in [9.17, 15) is 4.39 Å². The number of rotatable bonds is 1. The molecule has 4 rings (SSSR count). The molecule has 0 saturated carbocycles. The molecule has 20 heavy (non-hydrogen) atoms. The molecule has 0 aliphatic heterocycles. The quantitative estimate of drug-likeness (QED) is 0.681. The SMILES string of the molecule is Cc1nn(-c2nc3ccc(F)cc3s2)c2c1CCCC2. The number of hydrogen-bond acceptors (Lipinski definition) is 3. The Morgan fingerprint density at radius 2 is 2.10 bits per heavy atom. The van der Waals surface area contributed by atoms with Crippen LogP contribution >= 0.6 is 11.3 Å². The Kier molecular flexibility index (Phi) is 2.63. The molecule has 3 nitrogen and oxygen atoms in total. The highest BCUT2D eigenvalue weighted by Crippen LogP contribution is 2.30. The van der Waals surface area contributed by atoms with E-state index in [1.807, 2.05) is 4.68 Å². The van der Waals surface area contributed by atoms with Gasteiger partial charge in [0, 0.05) is 0 Å². The summed E-state index contributed by atoms with van der Waals surface area (Å²) in [5, 5.41) is 5.50. The number of nitrogens with zero attached hydrogens (tertiary/aromatic N) is 3. The average Bonchev–Trinajstić information content (AvgIpc) is 3.00. The molecule has 1 aromatic carbocycles. The van der Waals surface area contributed by atoms with Crippen LogP contribution < -0.4 is 0 Å². The molecule has 3 aromatic rings. The first-order valence-electron chi connectivity index (χ1n) is 6.86. The van der Waals surface area contributed by atoms with Crippen molar-refractivity contribution in [2.75, 3.05) is 0 Å². The number of thiazole rings is 1. The minimum Gasteiger partial charge on any atom is -0.218 e. The fourth-order valence-electron chi connectivity index (χ4n) is 2.92. The molecular formula is C15H14FN3S. The molecule has 0 radical (unpaired) electrons. The maximum atomic E-state index is 13.3. The molecular weight excluding hydrogens is 273 g/mol. The number of halogens is 1. The van der Waals surface area contributed by atoms with Gasteiger partial charge < -0.3 is 0 Å². The predicted molar refractivity (Wildman–Crippen MR) is 78.1 cm³/mol. The first kappa shape index (κ1) is 12.0. The minimum absolute atomic E-state index is 0.216. The van der Waals surface area contributed by atoms with Crippen LogP contribution in [-0.2, 0) is 12.8 Å². The van der Waals surface area contributed by atoms with Crippen molar-refractivity contribution in [1.29, 1.82) is 0 Å². The highest BCUT2D eigenvalue weighted by Gasteiger charge is 2.21. The highest BCUT2D eigenvalue weighted by atomic mass is 32.1. The number of hydrogen-bond donors (Lipinski definition) is 0. The van der Waals surface area contributed by atoms with E-state index in [0.29, 0.717) is 0 Å². The fourth-order valence-corrected chi connectivity index (χ4v) is 3.89. The Hall–Kier alpha value is -1.75. The van der Waals surface area contributed by atoms with Crippen molar-refractivity contribution in [3.8, 4) is 5.13 Å². The Morgan fingerprint density at radius 3 is 3.00 bits per heavy atom. The molecule has 5 heteroatoms. The first-order valence-corrected chi connectivity index (χ1v) is 7.68. The molecule has 1 aliphatic rings. The lowest BCUT2D eigenvalue weighted by Crippen LogP contribution is -2.07. The first-order chi connectivity index (χ1) is 9.72. The second-order valence-corrected chi connectivity index (χ2v) is 6.25. The molecule has 2 aromatic heterocycles. The highest BCUT2D eigenvalue weighted by molar-refractivity contribution is 7.20. The summed E-state index contributed by atoms with van der Waals surface area (Å²) in [5.41, 5.74) is 4.60. The molecule has 0 amide bonds. The van der Waals surface area contributed by atoms with Crippen LogP contribution in [0.4, 0.5) is 4.39 Å². The normalized spacial score (nSPS) is 14.7. The molecule has 0 unspecified atom stereocenters. The van der Waals surface area contributed by atoms with Crippen LogP contribution in [0.3, 0.4) is 0 Å². The number of aromatic nitrogens is 3. The molecule has 0 atom stereocenters. The summed E-state index contributed by atoms with van der Waals surface area (Å²) in [4.78, 5) is 4.60. The number of fused-ring (bicyclic) bond motifs is 2. The second kappa shape index (κ2) is 4.38. The van der Waals surface area contributed by atoms with Crippen molar-refractivity contribution in [2.24, 2.45) is 0 Å². The molecule has 102 valence electrons. The van der Waals surface area contributed by atoms with Gasteiger partial charge in [-0.2, -0.15) is 5.10 Å². The third-order valence-electron chi connectivity index (χ3n) is 3.90. The lowest BCUT2D eigenvalue weighted by atomic mass is 9.96. The second-order valence-electron chi connectivity index (χ2n) is 5.24. The largest absolute Gasteiger partial charge is 0.218 e. The molecule has 0 saturated heterocycles. The third-order valence-corrected chi connectivity index (χ3v) is 4.90. The van der Waals surface area contributed by atoms with Gasteiger partial charge in [0.05, 0.1) is 21.6 Å². The average molecular weight is 287 g/mol. The van der Waals surface area contributed by atoms with Gasteiger partial charge >= 0.3 is 0 Å². The van der Waals surface area contributed by atoms with Crippen LogP contribution in [0.15, 0.2) is 18.2 Å². The maximum absolute atomic E-state index is 13.3. The Bertz CT molecular complexity index is 803. The smallest absolute Gasteiger partial charge is 0.211 e. The van der Waals surface area contributed by atoms with Crippen LogP contribution in [0.5, 0.6) is 0 Å². The van der Waals surface area contributed by atoms with Gasteiger partial charge in [0.1, 0.15) is 5.82 Å². The lowest BCUT2D eigenvalue weighted by Gasteiger charge is -2.12. The van der Waals surface area contributed by atoms with Crippen LogP contribution in [0.1, 0.15) is 29.8 Å². The zero-order valence-corrected chi connectivity index (χ0v) is 12.0.